The van der Waals surface area contributed by atoms with Crippen LogP contribution in [0, 0.1) is 0 Å². The van der Waals surface area contributed by atoms with Crippen LogP contribution in [-0.4, -0.2) is 33.2 Å². The monoisotopic (exact) mass is 454 g/mol. The summed E-state index contributed by atoms with van der Waals surface area (Å²) in [6, 6.07) is 12.0. The van der Waals surface area contributed by atoms with Crippen LogP contribution >= 0.6 is 27.7 Å². The lowest BCUT2D eigenvalue weighted by molar-refractivity contribution is -0.116. The quantitative estimate of drug-likeness (QED) is 0.699. The summed E-state index contributed by atoms with van der Waals surface area (Å²) in [5.41, 5.74) is 1.23. The molecule has 2 aromatic rings. The topological polar surface area (TPSA) is 57.7 Å². The van der Waals surface area contributed by atoms with Crippen molar-refractivity contribution >= 4 is 55.0 Å². The average molecular weight is 455 g/mol. The highest BCUT2D eigenvalue weighted by Crippen LogP contribution is 2.40. The molecule has 26 heavy (non-hydrogen) atoms. The van der Waals surface area contributed by atoms with E-state index in [0.717, 1.165) is 9.37 Å². The molecule has 0 aliphatic carbocycles. The smallest absolute Gasteiger partial charge is 0.264 e. The van der Waals surface area contributed by atoms with Crippen molar-refractivity contribution in [1.29, 1.82) is 0 Å². The van der Waals surface area contributed by atoms with Crippen molar-refractivity contribution in [1.82, 2.24) is 0 Å². The SMILES string of the molecule is CC(=O)N1CC(C)Sc2ccc(S(=O)(=O)N(C)c3ccc(Br)cc3)cc21. The van der Waals surface area contributed by atoms with Gasteiger partial charge in [-0.2, -0.15) is 0 Å². The maximum absolute atomic E-state index is 13.0. The van der Waals surface area contributed by atoms with Gasteiger partial charge in [0.15, 0.2) is 0 Å². The fraction of sp³-hybridized carbons (Fsp3) is 0.278. The van der Waals surface area contributed by atoms with Gasteiger partial charge in [-0.05, 0) is 42.5 Å². The van der Waals surface area contributed by atoms with E-state index < -0.39 is 10.0 Å². The molecule has 0 N–H and O–H groups in total. The third-order valence-corrected chi connectivity index (χ3v) is 7.68. The summed E-state index contributed by atoms with van der Waals surface area (Å²) in [4.78, 5) is 14.7. The fourth-order valence-electron chi connectivity index (χ4n) is 2.82. The molecule has 0 radical (unpaired) electrons. The number of benzene rings is 2. The molecule has 1 aliphatic heterocycles. The Labute approximate surface area is 166 Å². The highest BCUT2D eigenvalue weighted by Gasteiger charge is 2.28. The minimum Gasteiger partial charge on any atom is -0.310 e. The minimum absolute atomic E-state index is 0.0887. The number of halogens is 1. The highest BCUT2D eigenvalue weighted by molar-refractivity contribution is 9.10. The summed E-state index contributed by atoms with van der Waals surface area (Å²) in [6.45, 7) is 4.12. The molecule has 0 aromatic heterocycles. The normalized spacial score (nSPS) is 16.9. The molecule has 5 nitrogen and oxygen atoms in total. The number of anilines is 2. The zero-order valence-corrected chi connectivity index (χ0v) is 17.9. The Morgan fingerprint density at radius 3 is 2.50 bits per heavy atom. The van der Waals surface area contributed by atoms with Gasteiger partial charge in [-0.25, -0.2) is 8.42 Å². The van der Waals surface area contributed by atoms with Crippen molar-refractivity contribution in [3.8, 4) is 0 Å². The van der Waals surface area contributed by atoms with Crippen LogP contribution in [0.15, 0.2) is 56.7 Å². The second kappa shape index (κ2) is 7.25. The Morgan fingerprint density at radius 2 is 1.88 bits per heavy atom. The number of nitrogens with zero attached hydrogens (tertiary/aromatic N) is 2. The van der Waals surface area contributed by atoms with Crippen LogP contribution in [0.4, 0.5) is 11.4 Å². The van der Waals surface area contributed by atoms with Gasteiger partial charge in [0.1, 0.15) is 0 Å². The van der Waals surface area contributed by atoms with Crippen molar-refractivity contribution in [3.05, 3.63) is 46.9 Å². The molecule has 8 heteroatoms. The van der Waals surface area contributed by atoms with Crippen molar-refractivity contribution in [2.24, 2.45) is 0 Å². The van der Waals surface area contributed by atoms with E-state index in [1.807, 2.05) is 0 Å². The standard InChI is InChI=1S/C18H19BrN2O3S2/c1-12-11-21(13(2)22)17-10-16(8-9-18(17)25-12)26(23,24)20(3)15-6-4-14(19)5-7-15/h4-10,12H,11H2,1-3H3. The molecule has 0 fully saturated rings. The van der Waals surface area contributed by atoms with E-state index in [1.165, 1.54) is 18.3 Å². The summed E-state index contributed by atoms with van der Waals surface area (Å²) in [6.07, 6.45) is 0. The molecule has 3 rings (SSSR count). The minimum atomic E-state index is -3.73. The molecule has 2 aromatic carbocycles. The second-order valence-corrected chi connectivity index (χ2v) is 10.5. The van der Waals surface area contributed by atoms with E-state index in [2.05, 4.69) is 22.9 Å². The third kappa shape index (κ3) is 3.63. The van der Waals surface area contributed by atoms with Crippen LogP contribution in [0.5, 0.6) is 0 Å². The van der Waals surface area contributed by atoms with Crippen LogP contribution in [-0.2, 0) is 14.8 Å². The van der Waals surface area contributed by atoms with E-state index in [1.54, 1.807) is 59.1 Å². The molecular formula is C18H19BrN2O3S2. The maximum atomic E-state index is 13.0. The lowest BCUT2D eigenvalue weighted by atomic mass is 10.2. The first-order valence-electron chi connectivity index (χ1n) is 8.03. The molecule has 1 unspecified atom stereocenters. The highest BCUT2D eigenvalue weighted by atomic mass is 79.9. The Bertz CT molecular complexity index is 945. The summed E-state index contributed by atoms with van der Waals surface area (Å²) < 4.78 is 28.2. The molecule has 0 bridgehead atoms. The number of carbonyl (C=O) groups is 1. The van der Waals surface area contributed by atoms with Crippen LogP contribution < -0.4 is 9.21 Å². The Balaban J connectivity index is 2.02. The molecule has 1 amide bonds. The van der Waals surface area contributed by atoms with Gasteiger partial charge in [0, 0.05) is 35.1 Å². The number of amides is 1. The molecule has 138 valence electrons. The summed E-state index contributed by atoms with van der Waals surface area (Å²) in [7, 11) is -2.20. The number of fused-ring (bicyclic) bond motifs is 1. The number of thioether (sulfide) groups is 1. The zero-order chi connectivity index (χ0) is 19.1. The van der Waals surface area contributed by atoms with Crippen LogP contribution in [0.1, 0.15) is 13.8 Å². The van der Waals surface area contributed by atoms with Gasteiger partial charge in [0.2, 0.25) is 5.91 Å². The summed E-state index contributed by atoms with van der Waals surface area (Å²) >= 11 is 5.00. The first kappa shape index (κ1) is 19.3. The largest absolute Gasteiger partial charge is 0.310 e. The number of hydrogen-bond acceptors (Lipinski definition) is 4. The molecule has 0 spiro atoms. The van der Waals surface area contributed by atoms with Gasteiger partial charge in [0.25, 0.3) is 10.0 Å². The number of sulfonamides is 1. The first-order chi connectivity index (χ1) is 12.2. The number of rotatable bonds is 3. The van der Waals surface area contributed by atoms with Crippen molar-refractivity contribution < 1.29 is 13.2 Å². The number of carbonyl (C=O) groups excluding carboxylic acids is 1. The molecule has 1 heterocycles. The average Bonchev–Trinajstić information content (AvgIpc) is 2.60. The zero-order valence-electron chi connectivity index (χ0n) is 14.6. The number of hydrogen-bond donors (Lipinski definition) is 0. The lowest BCUT2D eigenvalue weighted by Crippen LogP contribution is -2.37. The predicted molar refractivity (Wildman–Crippen MR) is 110 cm³/mol. The van der Waals surface area contributed by atoms with Gasteiger partial charge in [-0.3, -0.25) is 9.10 Å². The van der Waals surface area contributed by atoms with Crippen LogP contribution in [0.3, 0.4) is 0 Å². The molecule has 0 saturated heterocycles. The Hall–Kier alpha value is -1.51. The van der Waals surface area contributed by atoms with Crippen molar-refractivity contribution in [2.75, 3.05) is 22.8 Å². The van der Waals surface area contributed by atoms with Gasteiger partial charge < -0.3 is 4.90 Å². The van der Waals surface area contributed by atoms with E-state index in [-0.39, 0.29) is 16.1 Å². The lowest BCUT2D eigenvalue weighted by Gasteiger charge is -2.32. The molecule has 1 aliphatic rings. The maximum Gasteiger partial charge on any atom is 0.264 e. The van der Waals surface area contributed by atoms with Crippen LogP contribution in [0.2, 0.25) is 0 Å². The summed E-state index contributed by atoms with van der Waals surface area (Å²) in [5.74, 6) is -0.0887. The second-order valence-electron chi connectivity index (χ2n) is 6.14. The first-order valence-corrected chi connectivity index (χ1v) is 11.1. The Kier molecular flexibility index (Phi) is 5.37. The molecule has 1 atom stereocenters. The van der Waals surface area contributed by atoms with E-state index in [4.69, 9.17) is 0 Å². The fourth-order valence-corrected chi connectivity index (χ4v) is 5.40. The predicted octanol–water partition coefficient (Wildman–Crippen LogP) is 4.12. The third-order valence-electron chi connectivity index (χ3n) is 4.22. The van der Waals surface area contributed by atoms with Gasteiger partial charge in [-0.15, -0.1) is 11.8 Å². The van der Waals surface area contributed by atoms with E-state index >= 15 is 0 Å². The van der Waals surface area contributed by atoms with Gasteiger partial charge in [0.05, 0.1) is 16.3 Å². The molecule has 0 saturated carbocycles. The van der Waals surface area contributed by atoms with E-state index in [0.29, 0.717) is 17.9 Å². The van der Waals surface area contributed by atoms with Crippen molar-refractivity contribution in [2.45, 2.75) is 28.9 Å². The van der Waals surface area contributed by atoms with Gasteiger partial charge >= 0.3 is 0 Å². The van der Waals surface area contributed by atoms with E-state index in [9.17, 15) is 13.2 Å². The summed E-state index contributed by atoms with van der Waals surface area (Å²) in [5, 5.41) is 0.263. The molecular weight excluding hydrogens is 436 g/mol. The van der Waals surface area contributed by atoms with Crippen LogP contribution in [0.25, 0.3) is 0 Å². The van der Waals surface area contributed by atoms with Crippen molar-refractivity contribution in [3.63, 3.8) is 0 Å². The Morgan fingerprint density at radius 1 is 1.23 bits per heavy atom. The van der Waals surface area contributed by atoms with Gasteiger partial charge in [-0.1, -0.05) is 22.9 Å².